The highest BCUT2D eigenvalue weighted by atomic mass is 79.9. The summed E-state index contributed by atoms with van der Waals surface area (Å²) in [5.41, 5.74) is 1.69. The first kappa shape index (κ1) is 20.9. The van der Waals surface area contributed by atoms with Gasteiger partial charge in [0.2, 0.25) is 10.0 Å². The zero-order valence-electron chi connectivity index (χ0n) is 15.2. The van der Waals surface area contributed by atoms with Crippen LogP contribution in [-0.4, -0.2) is 28.7 Å². The van der Waals surface area contributed by atoms with Gasteiger partial charge in [-0.25, -0.2) is 13.1 Å². The van der Waals surface area contributed by atoms with Gasteiger partial charge in [-0.1, -0.05) is 35.0 Å². The summed E-state index contributed by atoms with van der Waals surface area (Å²) in [5, 5.41) is 0. The Labute approximate surface area is 163 Å². The van der Waals surface area contributed by atoms with Gasteiger partial charge in [-0.15, -0.1) is 0 Å². The summed E-state index contributed by atoms with van der Waals surface area (Å²) in [6, 6.07) is 12.2. The van der Waals surface area contributed by atoms with Crippen molar-refractivity contribution < 1.29 is 17.9 Å². The van der Waals surface area contributed by atoms with Crippen LogP contribution in [0.15, 0.2) is 51.8 Å². The Balaban J connectivity index is 2.17. The molecule has 0 aliphatic rings. The molecule has 2 aromatic carbocycles. The van der Waals surface area contributed by atoms with E-state index in [0.29, 0.717) is 25.4 Å². The zero-order chi connectivity index (χ0) is 19.2. The summed E-state index contributed by atoms with van der Waals surface area (Å²) in [4.78, 5) is 0.227. The Morgan fingerprint density at radius 3 is 2.38 bits per heavy atom. The standard InChI is InChI=1S/C19H24BrNO4S/c1-4-18(15-5-7-16(20)8-6-15)21-26(22,23)17-9-10-19(14(2)13-17)25-12-11-24-3/h5-10,13,18,21H,4,11-12H2,1-3H3. The molecule has 0 saturated heterocycles. The zero-order valence-corrected chi connectivity index (χ0v) is 17.6. The van der Waals surface area contributed by atoms with Gasteiger partial charge in [-0.2, -0.15) is 0 Å². The summed E-state index contributed by atoms with van der Waals surface area (Å²) < 4.78 is 39.9. The van der Waals surface area contributed by atoms with Gasteiger partial charge >= 0.3 is 0 Å². The first-order valence-electron chi connectivity index (χ1n) is 8.37. The predicted octanol–water partition coefficient (Wildman–Crippen LogP) is 4.21. The minimum atomic E-state index is -3.64. The van der Waals surface area contributed by atoms with E-state index in [1.807, 2.05) is 38.1 Å². The average Bonchev–Trinajstić information content (AvgIpc) is 2.62. The van der Waals surface area contributed by atoms with Crippen LogP contribution in [0.2, 0.25) is 0 Å². The number of halogens is 1. The van der Waals surface area contributed by atoms with E-state index >= 15 is 0 Å². The van der Waals surface area contributed by atoms with E-state index < -0.39 is 10.0 Å². The second kappa shape index (κ2) is 9.50. The third-order valence-electron chi connectivity index (χ3n) is 3.98. The van der Waals surface area contributed by atoms with Crippen LogP contribution in [0.5, 0.6) is 5.75 Å². The number of rotatable bonds is 9. The van der Waals surface area contributed by atoms with Gasteiger partial charge in [-0.3, -0.25) is 0 Å². The molecule has 2 rings (SSSR count). The molecule has 0 amide bonds. The maximum Gasteiger partial charge on any atom is 0.241 e. The lowest BCUT2D eigenvalue weighted by Crippen LogP contribution is -2.28. The van der Waals surface area contributed by atoms with Crippen molar-refractivity contribution in [2.45, 2.75) is 31.2 Å². The molecule has 0 aliphatic carbocycles. The van der Waals surface area contributed by atoms with Crippen LogP contribution in [0.1, 0.15) is 30.5 Å². The second-order valence-electron chi connectivity index (χ2n) is 5.90. The quantitative estimate of drug-likeness (QED) is 0.591. The molecule has 0 bridgehead atoms. The maximum atomic E-state index is 12.8. The van der Waals surface area contributed by atoms with Crippen molar-refractivity contribution in [3.8, 4) is 5.75 Å². The van der Waals surface area contributed by atoms with Crippen molar-refractivity contribution >= 4 is 26.0 Å². The summed E-state index contributed by atoms with van der Waals surface area (Å²) in [6.45, 7) is 4.68. The number of aryl methyl sites for hydroxylation is 1. The van der Waals surface area contributed by atoms with Crippen LogP contribution in [0, 0.1) is 6.92 Å². The number of ether oxygens (including phenoxy) is 2. The van der Waals surface area contributed by atoms with E-state index in [1.54, 1.807) is 25.3 Å². The van der Waals surface area contributed by atoms with E-state index in [1.165, 1.54) is 0 Å². The smallest absolute Gasteiger partial charge is 0.241 e. The largest absolute Gasteiger partial charge is 0.491 e. The Kier molecular flexibility index (Phi) is 7.64. The molecule has 0 fully saturated rings. The van der Waals surface area contributed by atoms with Crippen LogP contribution < -0.4 is 9.46 Å². The lowest BCUT2D eigenvalue weighted by Gasteiger charge is -2.18. The number of nitrogens with one attached hydrogen (secondary N) is 1. The Bertz CT molecular complexity index is 822. The first-order chi connectivity index (χ1) is 12.4. The van der Waals surface area contributed by atoms with Gasteiger partial charge in [0.15, 0.2) is 0 Å². The molecule has 0 spiro atoms. The fourth-order valence-electron chi connectivity index (χ4n) is 2.52. The molecule has 1 atom stereocenters. The normalized spacial score (nSPS) is 12.8. The predicted molar refractivity (Wildman–Crippen MR) is 106 cm³/mol. The average molecular weight is 442 g/mol. The molecule has 1 N–H and O–H groups in total. The minimum Gasteiger partial charge on any atom is -0.491 e. The van der Waals surface area contributed by atoms with Gasteiger partial charge in [-0.05, 0) is 54.8 Å². The Hall–Kier alpha value is -1.41. The van der Waals surface area contributed by atoms with E-state index in [0.717, 1.165) is 15.6 Å². The van der Waals surface area contributed by atoms with Crippen molar-refractivity contribution in [1.82, 2.24) is 4.72 Å². The SMILES string of the molecule is CCC(NS(=O)(=O)c1ccc(OCCOC)c(C)c1)c1ccc(Br)cc1. The summed E-state index contributed by atoms with van der Waals surface area (Å²) in [5.74, 6) is 0.654. The van der Waals surface area contributed by atoms with Crippen molar-refractivity contribution in [2.24, 2.45) is 0 Å². The molecule has 0 aromatic heterocycles. The fraction of sp³-hybridized carbons (Fsp3) is 0.368. The van der Waals surface area contributed by atoms with Gasteiger partial charge in [0, 0.05) is 17.6 Å². The summed E-state index contributed by atoms with van der Waals surface area (Å²) in [7, 11) is -2.03. The van der Waals surface area contributed by atoms with Crippen molar-refractivity contribution in [1.29, 1.82) is 0 Å². The summed E-state index contributed by atoms with van der Waals surface area (Å²) >= 11 is 3.39. The van der Waals surface area contributed by atoms with Crippen LogP contribution in [-0.2, 0) is 14.8 Å². The number of hydrogen-bond donors (Lipinski definition) is 1. The molecule has 0 radical (unpaired) electrons. The van der Waals surface area contributed by atoms with Gasteiger partial charge in [0.25, 0.3) is 0 Å². The molecular weight excluding hydrogens is 418 g/mol. The maximum absolute atomic E-state index is 12.8. The van der Waals surface area contributed by atoms with Crippen molar-refractivity contribution in [3.05, 3.63) is 58.1 Å². The molecule has 1 unspecified atom stereocenters. The highest BCUT2D eigenvalue weighted by Gasteiger charge is 2.21. The number of hydrogen-bond acceptors (Lipinski definition) is 4. The van der Waals surface area contributed by atoms with Crippen LogP contribution in [0.3, 0.4) is 0 Å². The monoisotopic (exact) mass is 441 g/mol. The molecule has 5 nitrogen and oxygen atoms in total. The lowest BCUT2D eigenvalue weighted by atomic mass is 10.1. The van der Waals surface area contributed by atoms with E-state index in [4.69, 9.17) is 9.47 Å². The first-order valence-corrected chi connectivity index (χ1v) is 10.6. The van der Waals surface area contributed by atoms with Gasteiger partial charge in [0.05, 0.1) is 11.5 Å². The Morgan fingerprint density at radius 2 is 1.81 bits per heavy atom. The van der Waals surface area contributed by atoms with Crippen LogP contribution in [0.4, 0.5) is 0 Å². The van der Waals surface area contributed by atoms with E-state index in [-0.39, 0.29) is 10.9 Å². The van der Waals surface area contributed by atoms with Gasteiger partial charge in [0.1, 0.15) is 12.4 Å². The van der Waals surface area contributed by atoms with Crippen LogP contribution >= 0.6 is 15.9 Å². The molecule has 0 aliphatic heterocycles. The highest BCUT2D eigenvalue weighted by Crippen LogP contribution is 2.25. The number of sulfonamides is 1. The fourth-order valence-corrected chi connectivity index (χ4v) is 4.18. The van der Waals surface area contributed by atoms with Gasteiger partial charge < -0.3 is 9.47 Å². The molecule has 7 heteroatoms. The number of methoxy groups -OCH3 is 1. The molecule has 26 heavy (non-hydrogen) atoms. The highest BCUT2D eigenvalue weighted by molar-refractivity contribution is 9.10. The third-order valence-corrected chi connectivity index (χ3v) is 5.98. The molecule has 0 saturated carbocycles. The molecule has 0 heterocycles. The second-order valence-corrected chi connectivity index (χ2v) is 8.53. The third kappa shape index (κ3) is 5.54. The molecular formula is C19H24BrNO4S. The topological polar surface area (TPSA) is 64.6 Å². The Morgan fingerprint density at radius 1 is 1.12 bits per heavy atom. The summed E-state index contributed by atoms with van der Waals surface area (Å²) in [6.07, 6.45) is 0.651. The van der Waals surface area contributed by atoms with Crippen molar-refractivity contribution in [3.63, 3.8) is 0 Å². The lowest BCUT2D eigenvalue weighted by molar-refractivity contribution is 0.146. The van der Waals surface area contributed by atoms with E-state index in [9.17, 15) is 8.42 Å². The van der Waals surface area contributed by atoms with Crippen molar-refractivity contribution in [2.75, 3.05) is 20.3 Å². The molecule has 142 valence electrons. The molecule has 2 aromatic rings. The van der Waals surface area contributed by atoms with E-state index in [2.05, 4.69) is 20.7 Å². The van der Waals surface area contributed by atoms with Crippen LogP contribution in [0.25, 0.3) is 0 Å². The number of benzene rings is 2. The minimum absolute atomic E-state index is 0.227.